The maximum absolute atomic E-state index is 13.2. The standard InChI is InChI=1S/C36H45N5O4S/c1-26(20-22-37-39-46(43,44)34-18-10-14-28-29(34)15-9-17-33(28)40(4)5)19-21-36(42)31-16-8-7-13-30(31)32(24-35(36,2)3)38-41-23-11-12-27(41)25-45-6/h7-10,13-22,27,39,42H,11-12,23-25H2,1-6H3/b21-19+,26-20-,37-22+,38-32+/t27-,36-/m1/s1. The van der Waals surface area contributed by atoms with Crippen LogP contribution >= 0.6 is 0 Å². The molecule has 0 spiro atoms. The second-order valence-electron chi connectivity index (χ2n) is 13.0. The SMILES string of the molecule is COC[C@H]1CCCN1/N=C1\CC(C)(C)[C@@](O)(/C=C/C(C)=C\C=N\NS(=O)(=O)c2cccc3c(N(C)C)cccc23)c2ccccc21. The van der Waals surface area contributed by atoms with Crippen LogP contribution in [0.4, 0.5) is 5.69 Å². The topological polar surface area (TPSA) is 107 Å². The molecule has 5 rings (SSSR count). The quantitative estimate of drug-likeness (QED) is 0.164. The zero-order chi connectivity index (χ0) is 33.1. The van der Waals surface area contributed by atoms with Gasteiger partial charge in [-0.3, -0.25) is 5.01 Å². The molecule has 2 aliphatic rings. The second-order valence-corrected chi connectivity index (χ2v) is 14.6. The predicted octanol–water partition coefficient (Wildman–Crippen LogP) is 5.81. The minimum atomic E-state index is -3.91. The van der Waals surface area contributed by atoms with Crippen LogP contribution in [0, 0.1) is 5.41 Å². The molecule has 0 aromatic heterocycles. The summed E-state index contributed by atoms with van der Waals surface area (Å²) in [7, 11) is 1.66. The molecule has 1 aliphatic carbocycles. The van der Waals surface area contributed by atoms with E-state index in [2.05, 4.69) is 28.8 Å². The molecule has 2 atom stereocenters. The number of allylic oxidation sites excluding steroid dienone is 3. The lowest BCUT2D eigenvalue weighted by Crippen LogP contribution is -2.47. The van der Waals surface area contributed by atoms with Crippen LogP contribution in [-0.4, -0.2) is 70.9 Å². The Morgan fingerprint density at radius 2 is 1.85 bits per heavy atom. The van der Waals surface area contributed by atoms with Crippen molar-refractivity contribution in [1.82, 2.24) is 9.84 Å². The number of ether oxygens (including phenoxy) is 1. The van der Waals surface area contributed by atoms with Crippen molar-refractivity contribution in [3.63, 3.8) is 0 Å². The Labute approximate surface area is 273 Å². The molecule has 1 heterocycles. The number of aliphatic hydroxyl groups is 1. The van der Waals surface area contributed by atoms with Gasteiger partial charge in [-0.05, 0) is 55.2 Å². The van der Waals surface area contributed by atoms with Gasteiger partial charge >= 0.3 is 0 Å². The minimum absolute atomic E-state index is 0.161. The average Bonchev–Trinajstić information content (AvgIpc) is 3.46. The summed E-state index contributed by atoms with van der Waals surface area (Å²) in [6.07, 6.45) is 9.52. The van der Waals surface area contributed by atoms with Crippen LogP contribution in [0.3, 0.4) is 0 Å². The number of hydrogen-bond donors (Lipinski definition) is 2. The highest BCUT2D eigenvalue weighted by molar-refractivity contribution is 7.89. The van der Waals surface area contributed by atoms with E-state index in [0.29, 0.717) is 18.4 Å². The van der Waals surface area contributed by atoms with E-state index in [1.54, 1.807) is 31.4 Å². The van der Waals surface area contributed by atoms with Crippen LogP contribution in [0.5, 0.6) is 0 Å². The Morgan fingerprint density at radius 1 is 1.11 bits per heavy atom. The lowest BCUT2D eigenvalue weighted by molar-refractivity contribution is -0.0294. The van der Waals surface area contributed by atoms with Crippen molar-refractivity contribution >= 4 is 38.4 Å². The molecule has 1 saturated heterocycles. The van der Waals surface area contributed by atoms with Gasteiger partial charge in [-0.2, -0.15) is 18.6 Å². The normalized spacial score (nSPS) is 22.7. The van der Waals surface area contributed by atoms with Crippen molar-refractivity contribution in [1.29, 1.82) is 0 Å². The summed E-state index contributed by atoms with van der Waals surface area (Å²) in [6, 6.07) is 19.0. The monoisotopic (exact) mass is 643 g/mol. The summed E-state index contributed by atoms with van der Waals surface area (Å²) in [5.41, 5.74) is 2.64. The number of methoxy groups -OCH3 is 1. The second kappa shape index (κ2) is 13.4. The van der Waals surface area contributed by atoms with Crippen molar-refractivity contribution < 1.29 is 18.3 Å². The van der Waals surface area contributed by atoms with E-state index >= 15 is 0 Å². The van der Waals surface area contributed by atoms with E-state index in [9.17, 15) is 13.5 Å². The van der Waals surface area contributed by atoms with Gasteiger partial charge in [0.1, 0.15) is 5.60 Å². The highest BCUT2D eigenvalue weighted by atomic mass is 32.2. The molecular formula is C36H45N5O4S. The van der Waals surface area contributed by atoms with Crippen molar-refractivity contribution in [2.45, 2.75) is 56.6 Å². The zero-order valence-electron chi connectivity index (χ0n) is 27.6. The predicted molar refractivity (Wildman–Crippen MR) is 187 cm³/mol. The molecule has 0 unspecified atom stereocenters. The first kappa shape index (κ1) is 33.4. The smallest absolute Gasteiger partial charge is 0.277 e. The van der Waals surface area contributed by atoms with Gasteiger partial charge in [0, 0.05) is 67.8 Å². The highest BCUT2D eigenvalue weighted by Gasteiger charge is 2.49. The van der Waals surface area contributed by atoms with Gasteiger partial charge in [-0.25, -0.2) is 4.83 Å². The van der Waals surface area contributed by atoms with Gasteiger partial charge in [0.25, 0.3) is 10.0 Å². The van der Waals surface area contributed by atoms with Gasteiger partial charge < -0.3 is 14.7 Å². The summed E-state index contributed by atoms with van der Waals surface area (Å²) in [4.78, 5) is 4.45. The molecule has 10 heteroatoms. The number of nitrogens with one attached hydrogen (secondary N) is 1. The number of sulfonamides is 1. The Morgan fingerprint density at radius 3 is 2.61 bits per heavy atom. The fraction of sp³-hybridized carbons (Fsp3) is 0.389. The Balaban J connectivity index is 1.35. The largest absolute Gasteiger partial charge is 0.382 e. The van der Waals surface area contributed by atoms with Gasteiger partial charge in [0.15, 0.2) is 0 Å². The molecule has 0 amide bonds. The van der Waals surface area contributed by atoms with Crippen LogP contribution in [0.15, 0.2) is 99.6 Å². The Hall–Kier alpha value is -3.99. The molecule has 0 saturated carbocycles. The van der Waals surface area contributed by atoms with Crippen molar-refractivity contribution in [3.8, 4) is 0 Å². The molecule has 46 heavy (non-hydrogen) atoms. The van der Waals surface area contributed by atoms with Crippen molar-refractivity contribution in [2.24, 2.45) is 15.6 Å². The van der Waals surface area contributed by atoms with Crippen LogP contribution in [0.2, 0.25) is 0 Å². The van der Waals surface area contributed by atoms with E-state index in [1.165, 1.54) is 6.21 Å². The molecule has 1 aliphatic heterocycles. The van der Waals surface area contributed by atoms with E-state index in [0.717, 1.165) is 52.9 Å². The lowest BCUT2D eigenvalue weighted by Gasteiger charge is -2.46. The number of hydrogen-bond acceptors (Lipinski definition) is 8. The molecule has 1 fully saturated rings. The van der Waals surface area contributed by atoms with Crippen molar-refractivity contribution in [3.05, 3.63) is 95.6 Å². The van der Waals surface area contributed by atoms with Gasteiger partial charge in [0.2, 0.25) is 0 Å². The van der Waals surface area contributed by atoms with Crippen LogP contribution in [-0.2, 0) is 20.4 Å². The van der Waals surface area contributed by atoms with E-state index in [4.69, 9.17) is 9.84 Å². The first-order valence-electron chi connectivity index (χ1n) is 15.6. The fourth-order valence-electron chi connectivity index (χ4n) is 6.45. The molecule has 244 valence electrons. The van der Waals surface area contributed by atoms with Crippen LogP contribution in [0.1, 0.15) is 51.2 Å². The first-order chi connectivity index (χ1) is 21.9. The maximum atomic E-state index is 13.2. The molecule has 3 aromatic carbocycles. The summed E-state index contributed by atoms with van der Waals surface area (Å²) in [5.74, 6) is 0. The third kappa shape index (κ3) is 6.61. The third-order valence-electron chi connectivity index (χ3n) is 9.05. The summed E-state index contributed by atoms with van der Waals surface area (Å²) < 4.78 is 31.8. The third-order valence-corrected chi connectivity index (χ3v) is 10.3. The first-order valence-corrected chi connectivity index (χ1v) is 17.1. The average molecular weight is 644 g/mol. The molecule has 2 N–H and O–H groups in total. The van der Waals surface area contributed by atoms with E-state index in [1.807, 2.05) is 80.5 Å². The maximum Gasteiger partial charge on any atom is 0.277 e. The lowest BCUT2D eigenvalue weighted by atomic mass is 9.62. The minimum Gasteiger partial charge on any atom is -0.382 e. The number of rotatable bonds is 10. The summed E-state index contributed by atoms with van der Waals surface area (Å²) >= 11 is 0. The number of hydrazone groups is 2. The van der Waals surface area contributed by atoms with Crippen molar-refractivity contribution in [2.75, 3.05) is 39.3 Å². The zero-order valence-corrected chi connectivity index (χ0v) is 28.4. The molecule has 9 nitrogen and oxygen atoms in total. The number of fused-ring (bicyclic) bond motifs is 2. The Kier molecular flexibility index (Phi) is 9.72. The van der Waals surface area contributed by atoms with E-state index < -0.39 is 21.0 Å². The van der Waals surface area contributed by atoms with E-state index in [-0.39, 0.29) is 10.9 Å². The van der Waals surface area contributed by atoms with Crippen LogP contribution in [0.25, 0.3) is 10.8 Å². The number of benzene rings is 3. The van der Waals surface area contributed by atoms with Gasteiger partial charge in [-0.15, -0.1) is 0 Å². The van der Waals surface area contributed by atoms with Gasteiger partial charge in [0.05, 0.1) is 23.3 Å². The number of anilines is 1. The van der Waals surface area contributed by atoms with Crippen LogP contribution < -0.4 is 9.73 Å². The molecule has 0 radical (unpaired) electrons. The Bertz CT molecular complexity index is 1810. The highest BCUT2D eigenvalue weighted by Crippen LogP contribution is 2.49. The molecular weight excluding hydrogens is 598 g/mol. The molecule has 3 aromatic rings. The number of nitrogens with zero attached hydrogens (tertiary/aromatic N) is 4. The summed E-state index contributed by atoms with van der Waals surface area (Å²) in [6.45, 7) is 7.54. The summed E-state index contributed by atoms with van der Waals surface area (Å²) in [5, 5.41) is 24.9. The van der Waals surface area contributed by atoms with Gasteiger partial charge in [-0.1, -0.05) is 68.5 Å². The molecule has 0 bridgehead atoms. The fourth-order valence-corrected chi connectivity index (χ4v) is 7.48.